The molecular weight excluding hydrogens is 158 g/mol. The monoisotopic (exact) mass is 167 g/mol. The van der Waals surface area contributed by atoms with Crippen LogP contribution in [0.1, 0.15) is 13.8 Å². The number of alkyl halides is 1. The van der Waals surface area contributed by atoms with Crippen LogP contribution in [0.4, 0.5) is 0 Å². The maximum Gasteiger partial charge on any atom is 0.102 e. The minimum atomic E-state index is -0.422. The first-order chi connectivity index (χ1) is 3.13. The second-order valence-corrected chi connectivity index (χ2v) is 2.83. The molecule has 7 heavy (non-hydrogen) atoms. The van der Waals surface area contributed by atoms with Gasteiger partial charge in [-0.05, 0) is 13.8 Å². The summed E-state index contributed by atoms with van der Waals surface area (Å²) in [5.41, 5.74) is 0. The lowest BCUT2D eigenvalue weighted by atomic mass is 10.6. The number of nitrogens with one attached hydrogen (secondary N) is 1. The topological polar surface area (TPSA) is 32.3 Å². The number of hydrogen-bond acceptors (Lipinski definition) is 2. The van der Waals surface area contributed by atoms with Gasteiger partial charge in [-0.2, -0.15) is 0 Å². The van der Waals surface area contributed by atoms with E-state index in [2.05, 4.69) is 21.2 Å². The first-order valence-electron chi connectivity index (χ1n) is 2.21. The van der Waals surface area contributed by atoms with Gasteiger partial charge in [-0.1, -0.05) is 15.9 Å². The molecular formula is C4H10BrNO. The molecule has 0 aromatic rings. The fraction of sp³-hybridized carbons (Fsp3) is 1.00. The zero-order valence-electron chi connectivity index (χ0n) is 4.48. The first kappa shape index (κ1) is 7.40. The number of aliphatic hydroxyl groups excluding tert-OH is 1. The molecule has 2 nitrogen and oxygen atoms in total. The van der Waals surface area contributed by atoms with E-state index in [1.54, 1.807) is 6.92 Å². The van der Waals surface area contributed by atoms with E-state index >= 15 is 0 Å². The highest BCUT2D eigenvalue weighted by molar-refractivity contribution is 9.09. The summed E-state index contributed by atoms with van der Waals surface area (Å²) in [6, 6.07) is 0. The van der Waals surface area contributed by atoms with E-state index in [0.717, 1.165) is 0 Å². The van der Waals surface area contributed by atoms with Crippen LogP contribution in [0.25, 0.3) is 0 Å². The summed E-state index contributed by atoms with van der Waals surface area (Å²) >= 11 is 3.20. The summed E-state index contributed by atoms with van der Waals surface area (Å²) in [6.45, 7) is 3.59. The second kappa shape index (κ2) is 3.41. The zero-order valence-corrected chi connectivity index (χ0v) is 6.07. The molecule has 0 rings (SSSR count). The molecule has 0 spiro atoms. The molecule has 44 valence electrons. The Hall–Kier alpha value is 0.400. The summed E-state index contributed by atoms with van der Waals surface area (Å²) in [5.74, 6) is 0. The Morgan fingerprint density at radius 1 is 1.57 bits per heavy atom. The Labute approximate surface area is 52.0 Å². The van der Waals surface area contributed by atoms with Gasteiger partial charge in [-0.15, -0.1) is 0 Å². The third-order valence-corrected chi connectivity index (χ3v) is 0.735. The van der Waals surface area contributed by atoms with E-state index in [-0.39, 0.29) is 4.95 Å². The van der Waals surface area contributed by atoms with Crippen molar-refractivity contribution < 1.29 is 5.11 Å². The average Bonchev–Trinajstić information content (AvgIpc) is 1.27. The van der Waals surface area contributed by atoms with Crippen LogP contribution >= 0.6 is 15.9 Å². The highest BCUT2D eigenvalue weighted by Crippen LogP contribution is 1.91. The molecule has 0 aliphatic carbocycles. The van der Waals surface area contributed by atoms with E-state index in [9.17, 15) is 0 Å². The first-order valence-corrected chi connectivity index (χ1v) is 3.12. The smallest absolute Gasteiger partial charge is 0.102 e. The maximum atomic E-state index is 8.58. The van der Waals surface area contributed by atoms with Crippen molar-refractivity contribution in [3.8, 4) is 0 Å². The fourth-order valence-electron chi connectivity index (χ4n) is 0.332. The van der Waals surface area contributed by atoms with Crippen molar-refractivity contribution in [2.45, 2.75) is 25.0 Å². The zero-order chi connectivity index (χ0) is 5.86. The number of rotatable bonds is 2. The summed E-state index contributed by atoms with van der Waals surface area (Å²) in [5, 5.41) is 11.4. The maximum absolute atomic E-state index is 8.58. The molecule has 0 saturated heterocycles. The molecule has 2 N–H and O–H groups in total. The van der Waals surface area contributed by atoms with Crippen LogP contribution in [0, 0.1) is 0 Å². The van der Waals surface area contributed by atoms with Crippen molar-refractivity contribution in [3.05, 3.63) is 0 Å². The molecule has 0 aromatic heterocycles. The van der Waals surface area contributed by atoms with Crippen molar-refractivity contribution in [3.63, 3.8) is 0 Å². The van der Waals surface area contributed by atoms with Crippen LogP contribution < -0.4 is 5.32 Å². The molecule has 0 saturated carbocycles. The molecule has 0 amide bonds. The lowest BCUT2D eigenvalue weighted by Crippen LogP contribution is -2.29. The van der Waals surface area contributed by atoms with Gasteiger partial charge in [0.2, 0.25) is 0 Å². The largest absolute Gasteiger partial charge is 0.379 e. The Morgan fingerprint density at radius 3 is 2.00 bits per heavy atom. The van der Waals surface area contributed by atoms with Gasteiger partial charge in [-0.3, -0.25) is 5.32 Å². The van der Waals surface area contributed by atoms with Crippen LogP contribution in [0.3, 0.4) is 0 Å². The van der Waals surface area contributed by atoms with Crippen LogP contribution in [-0.2, 0) is 0 Å². The van der Waals surface area contributed by atoms with Gasteiger partial charge in [0.1, 0.15) is 6.23 Å². The van der Waals surface area contributed by atoms with Gasteiger partial charge < -0.3 is 5.11 Å². The van der Waals surface area contributed by atoms with Crippen molar-refractivity contribution in [2.75, 3.05) is 0 Å². The van der Waals surface area contributed by atoms with Crippen molar-refractivity contribution in [2.24, 2.45) is 0 Å². The summed E-state index contributed by atoms with van der Waals surface area (Å²) in [7, 11) is 0. The predicted molar refractivity (Wildman–Crippen MR) is 33.2 cm³/mol. The minimum Gasteiger partial charge on any atom is -0.379 e. The molecule has 2 unspecified atom stereocenters. The van der Waals surface area contributed by atoms with Gasteiger partial charge in [0.25, 0.3) is 0 Å². The molecule has 3 heteroatoms. The molecule has 2 atom stereocenters. The van der Waals surface area contributed by atoms with Crippen molar-refractivity contribution in [1.82, 2.24) is 5.32 Å². The third kappa shape index (κ3) is 6.40. The lowest BCUT2D eigenvalue weighted by molar-refractivity contribution is 0.156. The van der Waals surface area contributed by atoms with E-state index in [4.69, 9.17) is 5.11 Å². The Morgan fingerprint density at radius 2 is 2.00 bits per heavy atom. The predicted octanol–water partition coefficient (Wildman–Crippen LogP) is 0.655. The molecule has 0 heterocycles. The quantitative estimate of drug-likeness (QED) is 0.360. The molecule has 0 aliphatic heterocycles. The van der Waals surface area contributed by atoms with Crippen LogP contribution in [0.15, 0.2) is 0 Å². The van der Waals surface area contributed by atoms with E-state index < -0.39 is 6.23 Å². The van der Waals surface area contributed by atoms with Crippen LogP contribution in [0.2, 0.25) is 0 Å². The number of halogens is 1. The van der Waals surface area contributed by atoms with E-state index in [0.29, 0.717) is 0 Å². The Kier molecular flexibility index (Phi) is 3.60. The summed E-state index contributed by atoms with van der Waals surface area (Å²) in [4.78, 5) is 0.187. The molecule has 0 aromatic carbocycles. The van der Waals surface area contributed by atoms with Crippen molar-refractivity contribution >= 4 is 15.9 Å². The van der Waals surface area contributed by atoms with Crippen LogP contribution in [0.5, 0.6) is 0 Å². The SMILES string of the molecule is CC(O)NC(C)Br. The molecule has 0 aliphatic rings. The van der Waals surface area contributed by atoms with E-state index in [1.807, 2.05) is 6.92 Å². The highest BCUT2D eigenvalue weighted by atomic mass is 79.9. The van der Waals surface area contributed by atoms with Gasteiger partial charge in [0, 0.05) is 0 Å². The van der Waals surface area contributed by atoms with Crippen molar-refractivity contribution in [1.29, 1.82) is 0 Å². The molecule has 0 fully saturated rings. The fourth-order valence-corrected chi connectivity index (χ4v) is 0.715. The average molecular weight is 168 g/mol. The minimum absolute atomic E-state index is 0.187. The summed E-state index contributed by atoms with van der Waals surface area (Å²) < 4.78 is 0. The third-order valence-electron chi connectivity index (χ3n) is 0.471. The Bertz CT molecular complexity index is 41.0. The summed E-state index contributed by atoms with van der Waals surface area (Å²) in [6.07, 6.45) is -0.422. The second-order valence-electron chi connectivity index (χ2n) is 1.46. The van der Waals surface area contributed by atoms with E-state index in [1.165, 1.54) is 0 Å². The number of hydrogen-bond donors (Lipinski definition) is 2. The normalized spacial score (nSPS) is 18.9. The number of aliphatic hydroxyl groups is 1. The lowest BCUT2D eigenvalue weighted by Gasteiger charge is -2.07. The molecule has 0 radical (unpaired) electrons. The van der Waals surface area contributed by atoms with Gasteiger partial charge in [0.05, 0.1) is 4.95 Å². The highest BCUT2D eigenvalue weighted by Gasteiger charge is 1.95. The molecule has 0 bridgehead atoms. The van der Waals surface area contributed by atoms with Gasteiger partial charge >= 0.3 is 0 Å². The Balaban J connectivity index is 2.95. The van der Waals surface area contributed by atoms with Gasteiger partial charge in [0.15, 0.2) is 0 Å². The van der Waals surface area contributed by atoms with Gasteiger partial charge in [-0.25, -0.2) is 0 Å². The van der Waals surface area contributed by atoms with Crippen LogP contribution in [-0.4, -0.2) is 16.3 Å². The standard InChI is InChI=1S/C4H10BrNO/c1-3(5)6-4(2)7/h3-4,6-7H,1-2H3.